The molecule has 3 aromatic heterocycles. The first kappa shape index (κ1) is 14.2. The minimum absolute atomic E-state index is 0.495. The van der Waals surface area contributed by atoms with Crippen molar-refractivity contribution in [2.45, 2.75) is 6.54 Å². The lowest BCUT2D eigenvalue weighted by atomic mass is 10.2. The van der Waals surface area contributed by atoms with Gasteiger partial charge in [-0.25, -0.2) is 19.3 Å². The molecule has 0 aliphatic heterocycles. The van der Waals surface area contributed by atoms with Crippen molar-refractivity contribution in [2.75, 3.05) is 0 Å². The van der Waals surface area contributed by atoms with E-state index in [1.165, 1.54) is 6.33 Å². The standard InChI is InChI=1S/C15H10Cl2N6/c16-11-3-2-10(13(17)6-11)8-23-15-12(7-21-23)14(18-9-19-15)22-5-1-4-20-22/h1-7,9H,8H2. The molecule has 0 N–H and O–H groups in total. The van der Waals surface area contributed by atoms with E-state index in [0.29, 0.717) is 22.4 Å². The van der Waals surface area contributed by atoms with E-state index in [2.05, 4.69) is 20.2 Å². The summed E-state index contributed by atoms with van der Waals surface area (Å²) in [6.07, 6.45) is 6.76. The highest BCUT2D eigenvalue weighted by molar-refractivity contribution is 6.35. The Morgan fingerprint density at radius 2 is 2.00 bits per heavy atom. The lowest BCUT2D eigenvalue weighted by Crippen LogP contribution is -2.04. The van der Waals surface area contributed by atoms with Crippen LogP contribution >= 0.6 is 23.2 Å². The third-order valence-electron chi connectivity index (χ3n) is 3.47. The molecule has 114 valence electrons. The fraction of sp³-hybridized carbons (Fsp3) is 0.0667. The molecule has 0 atom stereocenters. The normalized spacial score (nSPS) is 11.2. The lowest BCUT2D eigenvalue weighted by Gasteiger charge is -2.06. The minimum atomic E-state index is 0.495. The minimum Gasteiger partial charge on any atom is -0.243 e. The predicted octanol–water partition coefficient (Wildman–Crippen LogP) is 3.37. The van der Waals surface area contributed by atoms with Crippen molar-refractivity contribution in [1.29, 1.82) is 0 Å². The van der Waals surface area contributed by atoms with Crippen LogP contribution in [0.25, 0.3) is 16.9 Å². The summed E-state index contributed by atoms with van der Waals surface area (Å²) >= 11 is 12.2. The number of aromatic nitrogens is 6. The Bertz CT molecular complexity index is 977. The van der Waals surface area contributed by atoms with Crippen LogP contribution in [-0.2, 0) is 6.54 Å². The van der Waals surface area contributed by atoms with E-state index in [1.807, 2.05) is 18.3 Å². The van der Waals surface area contributed by atoms with Gasteiger partial charge in [-0.15, -0.1) is 0 Å². The van der Waals surface area contributed by atoms with E-state index in [1.54, 1.807) is 33.9 Å². The van der Waals surface area contributed by atoms with Crippen LogP contribution in [0.2, 0.25) is 10.0 Å². The summed E-state index contributed by atoms with van der Waals surface area (Å²) in [6, 6.07) is 7.24. The SMILES string of the molecule is Clc1ccc(Cn2ncc3c(-n4cccn4)ncnc32)c(Cl)c1. The van der Waals surface area contributed by atoms with E-state index < -0.39 is 0 Å². The summed E-state index contributed by atoms with van der Waals surface area (Å²) in [5, 5.41) is 10.6. The second-order valence-corrected chi connectivity index (χ2v) is 5.77. The average Bonchev–Trinajstić information content (AvgIpc) is 3.20. The number of rotatable bonds is 3. The summed E-state index contributed by atoms with van der Waals surface area (Å²) in [4.78, 5) is 8.63. The molecule has 0 unspecified atom stereocenters. The van der Waals surface area contributed by atoms with Gasteiger partial charge in [0.2, 0.25) is 0 Å². The first-order valence-corrected chi connectivity index (χ1v) is 7.58. The van der Waals surface area contributed by atoms with Gasteiger partial charge < -0.3 is 0 Å². The molecular weight excluding hydrogens is 335 g/mol. The number of hydrogen-bond donors (Lipinski definition) is 0. The number of nitrogens with zero attached hydrogens (tertiary/aromatic N) is 6. The fourth-order valence-corrected chi connectivity index (χ4v) is 2.85. The van der Waals surface area contributed by atoms with Crippen molar-refractivity contribution in [3.63, 3.8) is 0 Å². The summed E-state index contributed by atoms with van der Waals surface area (Å²) in [5.41, 5.74) is 1.64. The Hall–Kier alpha value is -2.44. The van der Waals surface area contributed by atoms with Gasteiger partial charge in [-0.2, -0.15) is 10.2 Å². The number of fused-ring (bicyclic) bond motifs is 1. The van der Waals surface area contributed by atoms with Gasteiger partial charge in [0.15, 0.2) is 11.5 Å². The van der Waals surface area contributed by atoms with Crippen molar-refractivity contribution < 1.29 is 0 Å². The monoisotopic (exact) mass is 344 g/mol. The van der Waals surface area contributed by atoms with Crippen LogP contribution in [0.15, 0.2) is 49.2 Å². The maximum Gasteiger partial charge on any atom is 0.167 e. The van der Waals surface area contributed by atoms with Crippen molar-refractivity contribution in [2.24, 2.45) is 0 Å². The molecule has 0 aliphatic carbocycles. The van der Waals surface area contributed by atoms with Crippen LogP contribution in [0.3, 0.4) is 0 Å². The second kappa shape index (κ2) is 5.64. The maximum atomic E-state index is 6.24. The van der Waals surface area contributed by atoms with Gasteiger partial charge in [0.05, 0.1) is 18.1 Å². The number of halogens is 2. The zero-order valence-electron chi connectivity index (χ0n) is 11.8. The average molecular weight is 345 g/mol. The Morgan fingerprint density at radius 3 is 2.78 bits per heavy atom. The highest BCUT2D eigenvalue weighted by atomic mass is 35.5. The van der Waals surface area contributed by atoms with Gasteiger partial charge >= 0.3 is 0 Å². The van der Waals surface area contributed by atoms with E-state index in [4.69, 9.17) is 23.2 Å². The quantitative estimate of drug-likeness (QED) is 0.571. The molecule has 0 aliphatic rings. The van der Waals surface area contributed by atoms with Gasteiger partial charge in [-0.05, 0) is 23.8 Å². The Kier molecular flexibility index (Phi) is 3.48. The van der Waals surface area contributed by atoms with E-state index >= 15 is 0 Å². The van der Waals surface area contributed by atoms with E-state index in [-0.39, 0.29) is 0 Å². The van der Waals surface area contributed by atoms with Crippen LogP contribution in [0, 0.1) is 0 Å². The van der Waals surface area contributed by atoms with Gasteiger partial charge in [-0.1, -0.05) is 29.3 Å². The second-order valence-electron chi connectivity index (χ2n) is 4.92. The molecule has 0 amide bonds. The molecule has 4 rings (SSSR count). The van der Waals surface area contributed by atoms with E-state index in [0.717, 1.165) is 16.6 Å². The number of benzene rings is 1. The van der Waals surface area contributed by atoms with Crippen molar-refractivity contribution in [1.82, 2.24) is 29.5 Å². The molecule has 0 saturated carbocycles. The lowest BCUT2D eigenvalue weighted by molar-refractivity contribution is 0.703. The molecule has 8 heteroatoms. The first-order valence-electron chi connectivity index (χ1n) is 6.83. The summed E-state index contributed by atoms with van der Waals surface area (Å²) in [6.45, 7) is 0.495. The van der Waals surface area contributed by atoms with Crippen molar-refractivity contribution in [3.8, 4) is 5.82 Å². The van der Waals surface area contributed by atoms with Crippen LogP contribution in [0.1, 0.15) is 5.56 Å². The fourth-order valence-electron chi connectivity index (χ4n) is 2.38. The molecule has 0 saturated heterocycles. The molecule has 6 nitrogen and oxygen atoms in total. The zero-order valence-corrected chi connectivity index (χ0v) is 13.3. The summed E-state index contributed by atoms with van der Waals surface area (Å²) in [5.74, 6) is 0.688. The van der Waals surface area contributed by atoms with Gasteiger partial charge in [0, 0.05) is 22.4 Å². The van der Waals surface area contributed by atoms with Crippen LogP contribution < -0.4 is 0 Å². The predicted molar refractivity (Wildman–Crippen MR) is 88.0 cm³/mol. The third kappa shape index (κ3) is 2.56. The Balaban J connectivity index is 1.79. The molecule has 0 spiro atoms. The van der Waals surface area contributed by atoms with Gasteiger partial charge in [-0.3, -0.25) is 0 Å². The van der Waals surface area contributed by atoms with Crippen LogP contribution in [-0.4, -0.2) is 29.5 Å². The smallest absolute Gasteiger partial charge is 0.167 e. The highest BCUT2D eigenvalue weighted by Gasteiger charge is 2.12. The Labute approximate surface area is 141 Å². The highest BCUT2D eigenvalue weighted by Crippen LogP contribution is 2.23. The molecule has 0 fully saturated rings. The molecule has 3 heterocycles. The summed E-state index contributed by atoms with van der Waals surface area (Å²) in [7, 11) is 0. The molecule has 4 aromatic rings. The van der Waals surface area contributed by atoms with Crippen molar-refractivity contribution in [3.05, 3.63) is 64.8 Å². The topological polar surface area (TPSA) is 61.4 Å². The Morgan fingerprint density at radius 1 is 1.09 bits per heavy atom. The summed E-state index contributed by atoms with van der Waals surface area (Å²) < 4.78 is 3.46. The van der Waals surface area contributed by atoms with Crippen LogP contribution in [0.5, 0.6) is 0 Å². The van der Waals surface area contributed by atoms with Crippen molar-refractivity contribution >= 4 is 34.2 Å². The van der Waals surface area contributed by atoms with Gasteiger partial charge in [0.25, 0.3) is 0 Å². The van der Waals surface area contributed by atoms with Gasteiger partial charge in [0.1, 0.15) is 6.33 Å². The molecule has 0 radical (unpaired) electrons. The first-order chi connectivity index (χ1) is 11.2. The largest absolute Gasteiger partial charge is 0.243 e. The molecular formula is C15H10Cl2N6. The van der Waals surface area contributed by atoms with E-state index in [9.17, 15) is 0 Å². The molecule has 0 bridgehead atoms. The molecule has 1 aromatic carbocycles. The zero-order chi connectivity index (χ0) is 15.8. The van der Waals surface area contributed by atoms with Crippen LogP contribution in [0.4, 0.5) is 0 Å². The maximum absolute atomic E-state index is 6.24. The molecule has 23 heavy (non-hydrogen) atoms. The third-order valence-corrected chi connectivity index (χ3v) is 4.06. The number of hydrogen-bond acceptors (Lipinski definition) is 4.